The van der Waals surface area contributed by atoms with E-state index in [0.717, 1.165) is 19.3 Å². The van der Waals surface area contributed by atoms with Gasteiger partial charge in [0.05, 0.1) is 5.41 Å². The Morgan fingerprint density at radius 1 is 0.756 bits per heavy atom. The molecule has 41 heavy (non-hydrogen) atoms. The minimum absolute atomic E-state index is 0.0299. The smallest absolute Gasteiger partial charge is 0.209 e. The van der Waals surface area contributed by atoms with E-state index in [9.17, 15) is 0 Å². The van der Waals surface area contributed by atoms with Gasteiger partial charge >= 0.3 is 0 Å². The number of aryl methyl sites for hydroxylation is 1. The van der Waals surface area contributed by atoms with E-state index in [1.54, 1.807) is 0 Å². The number of para-hydroxylation sites is 2. The first kappa shape index (κ1) is 27.3. The van der Waals surface area contributed by atoms with Crippen molar-refractivity contribution in [1.29, 1.82) is 0 Å². The van der Waals surface area contributed by atoms with Crippen LogP contribution in [0.1, 0.15) is 69.2 Å². The molecule has 1 aliphatic carbocycles. The lowest BCUT2D eigenvalue weighted by Gasteiger charge is -2.25. The molecule has 0 unspecified atom stereocenters. The maximum absolute atomic E-state index is 2.41. The molecule has 2 aliphatic heterocycles. The number of fused-ring (bicyclic) bond motifs is 2. The van der Waals surface area contributed by atoms with E-state index in [2.05, 4.69) is 155 Å². The molecule has 0 aromatic heterocycles. The summed E-state index contributed by atoms with van der Waals surface area (Å²) in [6, 6.07) is 26.7. The number of likely N-dealkylation sites (N-methyl/N-ethyl adjacent to an activating group) is 1. The van der Waals surface area contributed by atoms with Crippen LogP contribution in [0.5, 0.6) is 0 Å². The number of benzene rings is 3. The molecule has 208 valence electrons. The molecule has 0 atom stereocenters. The summed E-state index contributed by atoms with van der Waals surface area (Å²) >= 11 is 0. The summed E-state index contributed by atoms with van der Waals surface area (Å²) in [4.78, 5) is 2.37. The minimum atomic E-state index is -0.0299. The van der Waals surface area contributed by atoms with Crippen molar-refractivity contribution in [3.63, 3.8) is 0 Å². The van der Waals surface area contributed by atoms with Crippen LogP contribution in [0.4, 0.5) is 11.4 Å². The lowest BCUT2D eigenvalue weighted by atomic mass is 9.79. The van der Waals surface area contributed by atoms with Crippen molar-refractivity contribution in [2.75, 3.05) is 19.0 Å². The summed E-state index contributed by atoms with van der Waals surface area (Å²) in [6.45, 7) is 11.6. The molecule has 0 amide bonds. The Morgan fingerprint density at radius 2 is 1.44 bits per heavy atom. The van der Waals surface area contributed by atoms with E-state index in [4.69, 9.17) is 0 Å². The molecule has 0 N–H and O–H groups in total. The summed E-state index contributed by atoms with van der Waals surface area (Å²) < 4.78 is 2.37. The van der Waals surface area contributed by atoms with Crippen molar-refractivity contribution in [2.24, 2.45) is 0 Å². The van der Waals surface area contributed by atoms with Crippen molar-refractivity contribution in [3.05, 3.63) is 136 Å². The Balaban J connectivity index is 1.45. The predicted molar refractivity (Wildman–Crippen MR) is 175 cm³/mol. The van der Waals surface area contributed by atoms with Gasteiger partial charge in [-0.15, -0.1) is 0 Å². The van der Waals surface area contributed by atoms with Crippen molar-refractivity contribution in [1.82, 2.24) is 0 Å². The third-order valence-electron chi connectivity index (χ3n) is 9.64. The lowest BCUT2D eigenvalue weighted by Crippen LogP contribution is -2.26. The Hall–Kier alpha value is -3.91. The largest absolute Gasteiger partial charge is 0.347 e. The molecule has 2 heteroatoms. The Labute approximate surface area is 246 Å². The minimum Gasteiger partial charge on any atom is -0.347 e. The van der Waals surface area contributed by atoms with Gasteiger partial charge in [0.25, 0.3) is 0 Å². The van der Waals surface area contributed by atoms with Crippen LogP contribution in [0.2, 0.25) is 0 Å². The van der Waals surface area contributed by atoms with E-state index in [0.29, 0.717) is 0 Å². The highest BCUT2D eigenvalue weighted by Gasteiger charge is 2.42. The van der Waals surface area contributed by atoms with Gasteiger partial charge in [0.2, 0.25) is 5.69 Å². The molecule has 0 saturated heterocycles. The third-order valence-corrected chi connectivity index (χ3v) is 9.64. The van der Waals surface area contributed by atoms with Crippen molar-refractivity contribution in [3.8, 4) is 0 Å². The standard InChI is InChI=1S/C39H43N2/c1-27-19-21-30(22-20-27)37-28(23-25-35-38(2,3)31-15-8-10-17-33(31)40(35)6)13-12-14-29(37)24-26-36-39(4,5)32-16-9-11-18-34(32)41(36)7/h8-11,15-26H,12-14H2,1-7H3/q+1. The predicted octanol–water partition coefficient (Wildman–Crippen LogP) is 9.43. The van der Waals surface area contributed by atoms with Crippen molar-refractivity contribution in [2.45, 2.75) is 64.7 Å². The first-order valence-electron chi connectivity index (χ1n) is 15.0. The van der Waals surface area contributed by atoms with Gasteiger partial charge in [-0.05, 0) is 80.0 Å². The number of nitrogens with zero attached hydrogens (tertiary/aromatic N) is 2. The van der Waals surface area contributed by atoms with Crippen molar-refractivity contribution < 1.29 is 4.58 Å². The second-order valence-corrected chi connectivity index (χ2v) is 13.0. The fourth-order valence-corrected chi connectivity index (χ4v) is 7.31. The maximum atomic E-state index is 2.41. The number of anilines is 1. The van der Waals surface area contributed by atoms with Gasteiger partial charge in [0, 0.05) is 41.6 Å². The summed E-state index contributed by atoms with van der Waals surface area (Å²) in [5, 5.41) is 0. The number of hydrogen-bond acceptors (Lipinski definition) is 1. The summed E-state index contributed by atoms with van der Waals surface area (Å²) in [5.41, 5.74) is 14.9. The molecule has 0 saturated carbocycles. The van der Waals surface area contributed by atoms with E-state index >= 15 is 0 Å². The summed E-state index contributed by atoms with van der Waals surface area (Å²) in [5.74, 6) is 0. The molecule has 6 rings (SSSR count). The van der Waals surface area contributed by atoms with Gasteiger partial charge < -0.3 is 4.90 Å². The molecule has 0 bridgehead atoms. The Morgan fingerprint density at radius 3 is 2.15 bits per heavy atom. The first-order valence-corrected chi connectivity index (χ1v) is 15.0. The highest BCUT2D eigenvalue weighted by molar-refractivity contribution is 6.03. The van der Waals surface area contributed by atoms with E-state index in [1.165, 1.54) is 61.8 Å². The molecular formula is C39H43N2+. The molecule has 3 aliphatic rings. The van der Waals surface area contributed by atoms with E-state index in [-0.39, 0.29) is 10.8 Å². The fraction of sp³-hybridized carbons (Fsp3) is 0.308. The Bertz CT molecular complexity index is 1670. The highest BCUT2D eigenvalue weighted by Crippen LogP contribution is 2.47. The average molecular weight is 540 g/mol. The topological polar surface area (TPSA) is 6.25 Å². The van der Waals surface area contributed by atoms with Crippen LogP contribution in [-0.4, -0.2) is 24.4 Å². The van der Waals surface area contributed by atoms with E-state index < -0.39 is 0 Å². The van der Waals surface area contributed by atoms with Gasteiger partial charge in [-0.1, -0.05) is 92.2 Å². The number of allylic oxidation sites excluding steroid dienone is 8. The second-order valence-electron chi connectivity index (χ2n) is 13.0. The summed E-state index contributed by atoms with van der Waals surface area (Å²) in [6.07, 6.45) is 12.9. The molecule has 2 nitrogen and oxygen atoms in total. The van der Waals surface area contributed by atoms with Crippen LogP contribution in [0.25, 0.3) is 5.57 Å². The molecule has 2 heterocycles. The molecule has 0 radical (unpaired) electrons. The maximum Gasteiger partial charge on any atom is 0.209 e. The SMILES string of the molecule is Cc1ccc(C2=C(/C=C/C3=[N+](C)c4ccccc4C3(C)C)CCC/C2=C\C=C2\N(C)c3ccccc3C2(C)C)cc1. The first-order chi connectivity index (χ1) is 19.6. The third kappa shape index (κ3) is 4.54. The van der Waals surface area contributed by atoms with Crippen LogP contribution in [-0.2, 0) is 10.8 Å². The molecule has 0 fully saturated rings. The zero-order valence-electron chi connectivity index (χ0n) is 25.8. The zero-order valence-corrected chi connectivity index (χ0v) is 25.8. The molecule has 3 aromatic carbocycles. The normalized spacial score (nSPS) is 21.4. The van der Waals surface area contributed by atoms with Crippen molar-refractivity contribution >= 4 is 22.7 Å². The molecule has 0 spiro atoms. The van der Waals surface area contributed by atoms with Gasteiger partial charge in [-0.2, -0.15) is 4.58 Å². The van der Waals surface area contributed by atoms with Crippen LogP contribution >= 0.6 is 0 Å². The number of rotatable bonds is 4. The zero-order chi connectivity index (χ0) is 28.9. The van der Waals surface area contributed by atoms with Crippen LogP contribution in [0, 0.1) is 6.92 Å². The van der Waals surface area contributed by atoms with Crippen LogP contribution < -0.4 is 4.90 Å². The van der Waals surface area contributed by atoms with Gasteiger partial charge in [0.1, 0.15) is 7.05 Å². The second kappa shape index (κ2) is 10.2. The average Bonchev–Trinajstić information content (AvgIpc) is 3.28. The van der Waals surface area contributed by atoms with E-state index in [1.807, 2.05) is 0 Å². The molecular weight excluding hydrogens is 496 g/mol. The number of hydrogen-bond donors (Lipinski definition) is 0. The highest BCUT2D eigenvalue weighted by atomic mass is 15.2. The lowest BCUT2D eigenvalue weighted by molar-refractivity contribution is -0.401. The van der Waals surface area contributed by atoms with Gasteiger partial charge in [-0.3, -0.25) is 0 Å². The van der Waals surface area contributed by atoms with Crippen LogP contribution in [0.3, 0.4) is 0 Å². The van der Waals surface area contributed by atoms with Crippen LogP contribution in [0.15, 0.2) is 114 Å². The monoisotopic (exact) mass is 539 g/mol. The van der Waals surface area contributed by atoms with Gasteiger partial charge in [-0.25, -0.2) is 0 Å². The quantitative estimate of drug-likeness (QED) is 0.299. The van der Waals surface area contributed by atoms with Gasteiger partial charge in [0.15, 0.2) is 5.71 Å². The fourth-order valence-electron chi connectivity index (χ4n) is 7.31. The molecule has 3 aromatic rings. The Kier molecular flexibility index (Phi) is 6.77. The summed E-state index contributed by atoms with van der Waals surface area (Å²) in [7, 11) is 4.41.